The van der Waals surface area contributed by atoms with E-state index in [4.69, 9.17) is 0 Å². The van der Waals surface area contributed by atoms with Gasteiger partial charge in [-0.2, -0.15) is 0 Å². The lowest BCUT2D eigenvalue weighted by atomic mass is 9.92. The van der Waals surface area contributed by atoms with Gasteiger partial charge in [0.2, 0.25) is 5.91 Å². The van der Waals surface area contributed by atoms with Crippen LogP contribution in [0.25, 0.3) is 0 Å². The summed E-state index contributed by atoms with van der Waals surface area (Å²) in [6, 6.07) is 8.09. The second kappa shape index (κ2) is 9.16. The van der Waals surface area contributed by atoms with Crippen molar-refractivity contribution >= 4 is 34.0 Å². The minimum atomic E-state index is -0.0410. The third kappa shape index (κ3) is 4.83. The first-order valence-corrected chi connectivity index (χ1v) is 11.7. The number of hydrogen-bond donors (Lipinski definition) is 1. The van der Waals surface area contributed by atoms with E-state index in [1.807, 2.05) is 46.4 Å². The van der Waals surface area contributed by atoms with Crippen LogP contribution in [0.2, 0.25) is 0 Å². The van der Waals surface area contributed by atoms with Crippen molar-refractivity contribution in [3.8, 4) is 0 Å². The number of rotatable bonds is 4. The van der Waals surface area contributed by atoms with Gasteiger partial charge in [-0.3, -0.25) is 9.59 Å². The molecule has 1 atom stereocenters. The number of piperidine rings is 2. The molecule has 2 aromatic rings. The summed E-state index contributed by atoms with van der Waals surface area (Å²) < 4.78 is 0. The van der Waals surface area contributed by atoms with Crippen LogP contribution in [0.3, 0.4) is 0 Å². The van der Waals surface area contributed by atoms with Gasteiger partial charge in [-0.05, 0) is 50.7 Å². The Kier molecular flexibility index (Phi) is 6.37. The highest BCUT2D eigenvalue weighted by molar-refractivity contribution is 7.14. The van der Waals surface area contributed by atoms with Crippen LogP contribution < -0.4 is 5.32 Å². The Morgan fingerprint density at radius 1 is 1.07 bits per heavy atom. The van der Waals surface area contributed by atoms with E-state index >= 15 is 0 Å². The molecule has 2 amide bonds. The Hall–Kier alpha value is -2.41. The van der Waals surface area contributed by atoms with Crippen molar-refractivity contribution in [3.05, 3.63) is 40.9 Å². The van der Waals surface area contributed by atoms with Crippen molar-refractivity contribution < 1.29 is 9.59 Å². The maximum atomic E-state index is 12.9. The maximum absolute atomic E-state index is 12.9. The molecule has 0 aliphatic carbocycles. The van der Waals surface area contributed by atoms with Crippen molar-refractivity contribution in [1.29, 1.82) is 0 Å². The smallest absolute Gasteiger partial charge is 0.273 e. The van der Waals surface area contributed by atoms with Crippen molar-refractivity contribution in [1.82, 2.24) is 14.8 Å². The van der Waals surface area contributed by atoms with Crippen LogP contribution in [0.1, 0.15) is 48.7 Å². The molecule has 0 radical (unpaired) electrons. The van der Waals surface area contributed by atoms with E-state index in [1.165, 1.54) is 23.3 Å². The van der Waals surface area contributed by atoms with E-state index in [-0.39, 0.29) is 17.7 Å². The molecule has 0 bridgehead atoms. The van der Waals surface area contributed by atoms with Crippen LogP contribution in [-0.4, -0.2) is 52.8 Å². The molecule has 3 heterocycles. The van der Waals surface area contributed by atoms with Gasteiger partial charge in [-0.15, -0.1) is 11.3 Å². The second-order valence-corrected chi connectivity index (χ2v) is 9.49. The number of benzene rings is 1. The molecule has 1 aromatic heterocycles. The first-order chi connectivity index (χ1) is 14.5. The molecule has 7 heteroatoms. The molecule has 2 aliphatic rings. The van der Waals surface area contributed by atoms with E-state index < -0.39 is 0 Å². The van der Waals surface area contributed by atoms with Crippen LogP contribution in [-0.2, 0) is 4.79 Å². The number of hydrogen-bond acceptors (Lipinski definition) is 5. The van der Waals surface area contributed by atoms with Crippen LogP contribution in [0, 0.1) is 18.8 Å². The molecule has 2 fully saturated rings. The zero-order valence-electron chi connectivity index (χ0n) is 17.8. The Balaban J connectivity index is 1.30. The number of carbonyl (C=O) groups excluding carboxylic acids is 2. The molecule has 4 rings (SSSR count). The van der Waals surface area contributed by atoms with E-state index in [1.54, 1.807) is 0 Å². The Morgan fingerprint density at radius 2 is 1.80 bits per heavy atom. The topological polar surface area (TPSA) is 65.5 Å². The Morgan fingerprint density at radius 3 is 2.50 bits per heavy atom. The van der Waals surface area contributed by atoms with Gasteiger partial charge in [0.15, 0.2) is 5.13 Å². The fourth-order valence-corrected chi connectivity index (χ4v) is 5.03. The van der Waals surface area contributed by atoms with Crippen molar-refractivity contribution in [2.45, 2.75) is 39.5 Å². The summed E-state index contributed by atoms with van der Waals surface area (Å²) in [5.41, 5.74) is 2.64. The Bertz CT molecular complexity index is 887. The summed E-state index contributed by atoms with van der Waals surface area (Å²) in [4.78, 5) is 34.1. The van der Waals surface area contributed by atoms with Gasteiger partial charge in [0.05, 0.1) is 0 Å². The largest absolute Gasteiger partial charge is 0.342 e. The lowest BCUT2D eigenvalue weighted by molar-refractivity contribution is -0.138. The number of aryl methyl sites for hydroxylation is 1. The number of thiazole rings is 1. The minimum absolute atomic E-state index is 0.0410. The average molecular weight is 427 g/mol. The summed E-state index contributed by atoms with van der Waals surface area (Å²) in [5, 5.41) is 5.78. The van der Waals surface area contributed by atoms with Crippen molar-refractivity contribution in [2.24, 2.45) is 11.8 Å². The van der Waals surface area contributed by atoms with E-state index in [9.17, 15) is 9.59 Å². The van der Waals surface area contributed by atoms with Crippen molar-refractivity contribution in [2.75, 3.05) is 31.5 Å². The SMILES string of the molecule is Cc1ccc(Nc2nc(C(=O)N3CCC(C(=O)N4CCCC(C)C4)CC3)cs2)cc1. The average Bonchev–Trinajstić information content (AvgIpc) is 3.23. The number of likely N-dealkylation sites (tertiary alicyclic amines) is 2. The fraction of sp³-hybridized carbons (Fsp3) is 0.522. The summed E-state index contributed by atoms with van der Waals surface area (Å²) in [6.45, 7) is 7.28. The van der Waals surface area contributed by atoms with E-state index in [0.717, 1.165) is 38.0 Å². The highest BCUT2D eigenvalue weighted by Crippen LogP contribution is 2.26. The lowest BCUT2D eigenvalue weighted by Gasteiger charge is -2.37. The normalized spacial score (nSPS) is 20.3. The van der Waals surface area contributed by atoms with Gasteiger partial charge in [-0.1, -0.05) is 24.6 Å². The third-order valence-corrected chi connectivity index (χ3v) is 6.88. The summed E-state index contributed by atoms with van der Waals surface area (Å²) in [5.74, 6) is 0.887. The van der Waals surface area contributed by atoms with Crippen LogP contribution in [0.5, 0.6) is 0 Å². The molecule has 1 aromatic carbocycles. The molecule has 0 saturated carbocycles. The molecule has 6 nitrogen and oxygen atoms in total. The monoisotopic (exact) mass is 426 g/mol. The fourth-order valence-electron chi connectivity index (χ4n) is 4.33. The summed E-state index contributed by atoms with van der Waals surface area (Å²) in [6.07, 6.45) is 3.81. The van der Waals surface area contributed by atoms with Crippen LogP contribution in [0.4, 0.5) is 10.8 Å². The molecule has 2 aliphatic heterocycles. The van der Waals surface area contributed by atoms with Gasteiger partial charge in [0, 0.05) is 43.2 Å². The van der Waals surface area contributed by atoms with E-state index in [2.05, 4.69) is 17.2 Å². The first-order valence-electron chi connectivity index (χ1n) is 10.9. The number of nitrogens with one attached hydrogen (secondary N) is 1. The van der Waals surface area contributed by atoms with E-state index in [0.29, 0.717) is 29.8 Å². The highest BCUT2D eigenvalue weighted by atomic mass is 32.1. The maximum Gasteiger partial charge on any atom is 0.273 e. The molecule has 1 N–H and O–H groups in total. The third-order valence-electron chi connectivity index (χ3n) is 6.13. The number of carbonyl (C=O) groups is 2. The molecular weight excluding hydrogens is 396 g/mol. The predicted molar refractivity (Wildman–Crippen MR) is 120 cm³/mol. The molecular formula is C23H30N4O2S. The summed E-state index contributed by atoms with van der Waals surface area (Å²) >= 11 is 1.43. The molecule has 30 heavy (non-hydrogen) atoms. The second-order valence-electron chi connectivity index (χ2n) is 8.63. The number of aromatic nitrogens is 1. The zero-order chi connectivity index (χ0) is 21.1. The molecule has 2 saturated heterocycles. The van der Waals surface area contributed by atoms with Gasteiger partial charge in [-0.25, -0.2) is 4.98 Å². The first kappa shape index (κ1) is 20.8. The van der Waals surface area contributed by atoms with Gasteiger partial charge >= 0.3 is 0 Å². The number of nitrogens with zero attached hydrogens (tertiary/aromatic N) is 3. The highest BCUT2D eigenvalue weighted by Gasteiger charge is 2.32. The lowest BCUT2D eigenvalue weighted by Crippen LogP contribution is -2.47. The van der Waals surface area contributed by atoms with Crippen molar-refractivity contribution in [3.63, 3.8) is 0 Å². The number of anilines is 2. The minimum Gasteiger partial charge on any atom is -0.342 e. The van der Waals surface area contributed by atoms with Crippen LogP contribution in [0.15, 0.2) is 29.6 Å². The van der Waals surface area contributed by atoms with Gasteiger partial charge in [0.1, 0.15) is 5.69 Å². The Labute approximate surface area is 182 Å². The zero-order valence-corrected chi connectivity index (χ0v) is 18.6. The molecule has 0 spiro atoms. The van der Waals surface area contributed by atoms with Crippen LogP contribution >= 0.6 is 11.3 Å². The predicted octanol–water partition coefficient (Wildman–Crippen LogP) is 4.31. The quantitative estimate of drug-likeness (QED) is 0.791. The number of amides is 2. The summed E-state index contributed by atoms with van der Waals surface area (Å²) in [7, 11) is 0. The molecule has 160 valence electrons. The standard InChI is InChI=1S/C23H30N4O2S/c1-16-5-7-19(8-6-16)24-23-25-20(15-30-23)22(29)26-12-9-18(10-13-26)21(28)27-11-3-4-17(2)14-27/h5-8,15,17-18H,3-4,9-14H2,1-2H3,(H,24,25). The van der Waals surface area contributed by atoms with Gasteiger partial charge in [0.25, 0.3) is 5.91 Å². The molecule has 1 unspecified atom stereocenters. The van der Waals surface area contributed by atoms with Gasteiger partial charge < -0.3 is 15.1 Å².